The molecule has 1 aromatic rings. The van der Waals surface area contributed by atoms with E-state index in [1.54, 1.807) is 0 Å². The molecule has 20 heavy (non-hydrogen) atoms. The van der Waals surface area contributed by atoms with Gasteiger partial charge in [-0.15, -0.1) is 12.3 Å². The minimum absolute atomic E-state index is 0.818. The van der Waals surface area contributed by atoms with Gasteiger partial charge in [0.25, 0.3) is 0 Å². The fourth-order valence-corrected chi connectivity index (χ4v) is 10.9. The number of benzene rings is 1. The summed E-state index contributed by atoms with van der Waals surface area (Å²) in [6.45, 7) is 14.1. The van der Waals surface area contributed by atoms with Gasteiger partial charge in [-0.25, -0.2) is 0 Å². The first-order valence-corrected chi connectivity index (χ1v) is 13.2. The van der Waals surface area contributed by atoms with Crippen molar-refractivity contribution in [2.45, 2.75) is 51.5 Å². The van der Waals surface area contributed by atoms with Crippen LogP contribution in [0, 0.1) is 0 Å². The third kappa shape index (κ3) is 4.17. The maximum Gasteiger partial charge on any atom is 0.220 e. The molecule has 0 bridgehead atoms. The molecule has 1 rings (SSSR count). The van der Waals surface area contributed by atoms with Crippen molar-refractivity contribution >= 4 is 21.6 Å². The fraction of sp³-hybridized carbons (Fsp3) is 0.529. The van der Waals surface area contributed by atoms with Gasteiger partial charge in [-0.05, 0) is 24.7 Å². The predicted molar refractivity (Wildman–Crippen MR) is 95.8 cm³/mol. The molecule has 0 heterocycles. The Hall–Kier alpha value is -0.646. The zero-order valence-electron chi connectivity index (χ0n) is 13.6. The largest absolute Gasteiger partial charge is 0.413 e. The third-order valence-corrected chi connectivity index (χ3v) is 13.9. The van der Waals surface area contributed by atoms with Gasteiger partial charge in [-0.3, -0.25) is 0 Å². The van der Waals surface area contributed by atoms with Crippen LogP contribution in [0.25, 0.3) is 0 Å². The van der Waals surface area contributed by atoms with Crippen LogP contribution in [0.15, 0.2) is 42.6 Å². The maximum atomic E-state index is 6.27. The summed E-state index contributed by atoms with van der Waals surface area (Å²) < 4.78 is 6.27. The van der Waals surface area contributed by atoms with Crippen molar-refractivity contribution in [1.82, 2.24) is 0 Å². The first-order valence-electron chi connectivity index (χ1n) is 7.89. The van der Waals surface area contributed by atoms with Crippen LogP contribution in [0.5, 0.6) is 0 Å². The Morgan fingerprint density at radius 2 is 1.65 bits per heavy atom. The zero-order valence-corrected chi connectivity index (χ0v) is 15.6. The SMILES string of the molecule is C=C[Si](CC)(CC)CC[Si](C)(OCC)c1ccccc1. The molecule has 0 N–H and O–H groups in total. The van der Waals surface area contributed by atoms with E-state index in [9.17, 15) is 0 Å². The average Bonchev–Trinajstić information content (AvgIpc) is 2.50. The summed E-state index contributed by atoms with van der Waals surface area (Å²) >= 11 is 0. The van der Waals surface area contributed by atoms with Gasteiger partial charge in [0.2, 0.25) is 8.32 Å². The Morgan fingerprint density at radius 1 is 1.05 bits per heavy atom. The second kappa shape index (κ2) is 7.96. The lowest BCUT2D eigenvalue weighted by Crippen LogP contribution is -2.49. The monoisotopic (exact) mass is 306 g/mol. The Bertz CT molecular complexity index is 401. The minimum atomic E-state index is -1.80. The molecule has 0 fully saturated rings. The highest BCUT2D eigenvalue weighted by atomic mass is 28.4. The molecule has 0 spiro atoms. The second-order valence-corrected chi connectivity index (χ2v) is 14.7. The summed E-state index contributed by atoms with van der Waals surface area (Å²) in [6, 6.07) is 16.0. The van der Waals surface area contributed by atoms with E-state index in [0.717, 1.165) is 6.61 Å². The first kappa shape index (κ1) is 17.4. The van der Waals surface area contributed by atoms with Crippen LogP contribution >= 0.6 is 0 Å². The minimum Gasteiger partial charge on any atom is -0.413 e. The molecule has 0 aromatic heterocycles. The average molecular weight is 307 g/mol. The molecular formula is C17H30OSi2. The van der Waals surface area contributed by atoms with Gasteiger partial charge in [0.1, 0.15) is 0 Å². The highest BCUT2D eigenvalue weighted by Crippen LogP contribution is 2.28. The lowest BCUT2D eigenvalue weighted by molar-refractivity contribution is 0.334. The van der Waals surface area contributed by atoms with E-state index in [-0.39, 0.29) is 0 Å². The Kier molecular flexibility index (Phi) is 6.93. The molecular weight excluding hydrogens is 276 g/mol. The van der Waals surface area contributed by atoms with Crippen LogP contribution in [0.3, 0.4) is 0 Å². The van der Waals surface area contributed by atoms with Crippen LogP contribution in [-0.4, -0.2) is 23.0 Å². The molecule has 0 aliphatic heterocycles. The summed E-state index contributed by atoms with van der Waals surface area (Å²) in [5.74, 6) is 0. The Morgan fingerprint density at radius 3 is 2.10 bits per heavy atom. The van der Waals surface area contributed by atoms with Gasteiger partial charge in [0.05, 0.1) is 8.07 Å². The van der Waals surface area contributed by atoms with E-state index in [2.05, 4.69) is 69.9 Å². The van der Waals surface area contributed by atoms with Gasteiger partial charge in [0, 0.05) is 6.61 Å². The van der Waals surface area contributed by atoms with Crippen LogP contribution in [0.4, 0.5) is 0 Å². The number of hydrogen-bond acceptors (Lipinski definition) is 1. The molecule has 1 atom stereocenters. The van der Waals surface area contributed by atoms with Crippen molar-refractivity contribution in [1.29, 1.82) is 0 Å². The van der Waals surface area contributed by atoms with Gasteiger partial charge >= 0.3 is 0 Å². The summed E-state index contributed by atoms with van der Waals surface area (Å²) in [5, 5.41) is 1.43. The molecule has 3 heteroatoms. The molecule has 112 valence electrons. The van der Waals surface area contributed by atoms with Crippen LogP contribution in [0.2, 0.25) is 30.7 Å². The van der Waals surface area contributed by atoms with E-state index >= 15 is 0 Å². The maximum absolute atomic E-state index is 6.27. The Labute approximate surface area is 127 Å². The van der Waals surface area contributed by atoms with E-state index in [4.69, 9.17) is 4.43 Å². The molecule has 0 aliphatic carbocycles. The van der Waals surface area contributed by atoms with E-state index < -0.39 is 16.4 Å². The number of hydrogen-bond donors (Lipinski definition) is 0. The van der Waals surface area contributed by atoms with Crippen LogP contribution in [-0.2, 0) is 4.43 Å². The normalized spacial score (nSPS) is 14.8. The Balaban J connectivity index is 2.90. The summed E-state index contributed by atoms with van der Waals surface area (Å²) in [6.07, 6.45) is 0. The fourth-order valence-electron chi connectivity index (χ4n) is 2.89. The van der Waals surface area contributed by atoms with E-state index in [1.165, 1.54) is 29.4 Å². The molecule has 0 radical (unpaired) electrons. The summed E-state index contributed by atoms with van der Waals surface area (Å²) in [4.78, 5) is 0. The van der Waals surface area contributed by atoms with Crippen molar-refractivity contribution in [3.63, 3.8) is 0 Å². The topological polar surface area (TPSA) is 9.23 Å². The van der Waals surface area contributed by atoms with Crippen molar-refractivity contribution in [2.75, 3.05) is 6.61 Å². The van der Waals surface area contributed by atoms with E-state index in [1.807, 2.05) is 0 Å². The standard InChI is InChI=1S/C17H30OSi2/c1-6-18-19(5,17-13-11-10-12-14-17)15-16-20(7-2,8-3)9-4/h7,10-14H,2,6,8-9,15-16H2,1,3-5H3. The smallest absolute Gasteiger partial charge is 0.220 e. The molecule has 0 saturated heterocycles. The third-order valence-electron chi connectivity index (χ3n) is 4.79. The van der Waals surface area contributed by atoms with Gasteiger partial charge < -0.3 is 4.43 Å². The molecule has 0 amide bonds. The van der Waals surface area contributed by atoms with Crippen molar-refractivity contribution in [3.05, 3.63) is 42.6 Å². The molecule has 1 aromatic carbocycles. The quantitative estimate of drug-likeness (QED) is 0.600. The molecule has 1 nitrogen and oxygen atoms in total. The molecule has 0 saturated carbocycles. The first-order chi connectivity index (χ1) is 9.55. The zero-order chi connectivity index (χ0) is 15.1. The highest BCUT2D eigenvalue weighted by molar-refractivity contribution is 6.89. The lowest BCUT2D eigenvalue weighted by Gasteiger charge is -2.32. The summed E-state index contributed by atoms with van der Waals surface area (Å²) in [7, 11) is -3.07. The predicted octanol–water partition coefficient (Wildman–Crippen LogP) is 4.72. The van der Waals surface area contributed by atoms with Crippen molar-refractivity contribution < 1.29 is 4.43 Å². The lowest BCUT2D eigenvalue weighted by atomic mass is 10.4. The van der Waals surface area contributed by atoms with Crippen LogP contribution < -0.4 is 5.19 Å². The van der Waals surface area contributed by atoms with Crippen LogP contribution in [0.1, 0.15) is 20.8 Å². The summed E-state index contributed by atoms with van der Waals surface area (Å²) in [5.41, 5.74) is 2.30. The molecule has 1 unspecified atom stereocenters. The molecule has 0 aliphatic rings. The van der Waals surface area contributed by atoms with Crippen molar-refractivity contribution in [3.8, 4) is 0 Å². The number of rotatable bonds is 9. The highest BCUT2D eigenvalue weighted by Gasteiger charge is 2.35. The van der Waals surface area contributed by atoms with Gasteiger partial charge in [0.15, 0.2) is 0 Å². The van der Waals surface area contributed by atoms with Crippen molar-refractivity contribution in [2.24, 2.45) is 0 Å². The van der Waals surface area contributed by atoms with E-state index in [0.29, 0.717) is 0 Å². The van der Waals surface area contributed by atoms with Gasteiger partial charge in [-0.2, -0.15) is 0 Å². The van der Waals surface area contributed by atoms with Gasteiger partial charge in [-0.1, -0.05) is 62.3 Å². The second-order valence-electron chi connectivity index (χ2n) is 5.80.